The molecule has 0 radical (unpaired) electrons. The monoisotopic (exact) mass is 448 g/mol. The second kappa shape index (κ2) is 6.89. The Hall–Kier alpha value is -0.950. The van der Waals surface area contributed by atoms with E-state index in [1.807, 2.05) is 0 Å². The van der Waals surface area contributed by atoms with Gasteiger partial charge in [-0.15, -0.1) is 0 Å². The molecule has 0 saturated carbocycles. The van der Waals surface area contributed by atoms with Gasteiger partial charge in [-0.3, -0.25) is 0 Å². The molecule has 0 aliphatic carbocycles. The second-order valence-corrected chi connectivity index (χ2v) is 22.7. The summed E-state index contributed by atoms with van der Waals surface area (Å²) in [6, 6.07) is 32.2. The van der Waals surface area contributed by atoms with E-state index in [0.717, 1.165) is 12.3 Å². The second-order valence-electron chi connectivity index (χ2n) is 5.87. The van der Waals surface area contributed by atoms with Gasteiger partial charge >= 0.3 is 155 Å². The topological polar surface area (TPSA) is 0 Å². The van der Waals surface area contributed by atoms with Gasteiger partial charge in [-0.05, 0) is 0 Å². The molecule has 0 spiro atoms. The molecule has 0 saturated heterocycles. The van der Waals surface area contributed by atoms with Crippen LogP contribution in [0.25, 0.3) is 0 Å². The van der Waals surface area contributed by atoms with Crippen LogP contribution in [0.1, 0.15) is 11.1 Å². The van der Waals surface area contributed by atoms with Crippen molar-refractivity contribution in [3.05, 3.63) is 102 Å². The molecule has 0 aliphatic heterocycles. The van der Waals surface area contributed by atoms with E-state index in [0.29, 0.717) is 0 Å². The zero-order chi connectivity index (χ0) is 16.2. The van der Waals surface area contributed by atoms with Gasteiger partial charge in [0.2, 0.25) is 0 Å². The van der Waals surface area contributed by atoms with Crippen molar-refractivity contribution in [3.63, 3.8) is 0 Å². The maximum atomic E-state index is 4.22. The van der Waals surface area contributed by atoms with Gasteiger partial charge in [-0.1, -0.05) is 0 Å². The van der Waals surface area contributed by atoms with Gasteiger partial charge < -0.3 is 0 Å². The predicted octanol–water partition coefficient (Wildman–Crippen LogP) is 6.89. The summed E-state index contributed by atoms with van der Waals surface area (Å²) in [5, 5.41) is 1.35. The Morgan fingerprint density at radius 2 is 0.870 bits per heavy atom. The zero-order valence-electron chi connectivity index (χ0n) is 12.8. The van der Waals surface area contributed by atoms with Crippen LogP contribution < -0.4 is 5.30 Å². The molecule has 3 aromatic rings. The predicted molar refractivity (Wildman–Crippen MR) is 111 cm³/mol. The molecule has 0 aromatic heterocycles. The van der Waals surface area contributed by atoms with E-state index in [1.165, 1.54) is 16.4 Å². The maximum absolute atomic E-state index is 4.22. The van der Waals surface area contributed by atoms with Gasteiger partial charge in [0.1, 0.15) is 0 Å². The average molecular weight is 450 g/mol. The van der Waals surface area contributed by atoms with E-state index in [2.05, 4.69) is 122 Å². The summed E-state index contributed by atoms with van der Waals surface area (Å²) in [6.07, 6.45) is 1.96. The number of halogens is 2. The van der Waals surface area contributed by atoms with Gasteiger partial charge in [0.25, 0.3) is 0 Å². The standard InChI is InChI=1S/C20H19Br2P/c21-23(22,20-14-8-3-9-15-20,16-18-10-4-1-5-11-18)17-19-12-6-2-7-13-19/h1-15H,16-17H2. The van der Waals surface area contributed by atoms with Gasteiger partial charge in [-0.25, -0.2) is 0 Å². The molecule has 0 nitrogen and oxygen atoms in total. The van der Waals surface area contributed by atoms with Crippen molar-refractivity contribution in [2.45, 2.75) is 12.3 Å². The van der Waals surface area contributed by atoms with Crippen molar-refractivity contribution in [2.75, 3.05) is 0 Å². The van der Waals surface area contributed by atoms with Crippen LogP contribution in [0.4, 0.5) is 0 Å². The van der Waals surface area contributed by atoms with Crippen LogP contribution in [0, 0.1) is 0 Å². The molecule has 0 aliphatic rings. The number of hydrogen-bond donors (Lipinski definition) is 0. The molecule has 3 aromatic carbocycles. The van der Waals surface area contributed by atoms with Crippen LogP contribution >= 0.6 is 35.0 Å². The summed E-state index contributed by atoms with van der Waals surface area (Å²) in [5.74, 6) is 0. The third-order valence-corrected chi connectivity index (χ3v) is 12.8. The minimum atomic E-state index is -2.47. The van der Waals surface area contributed by atoms with Crippen LogP contribution in [0.5, 0.6) is 0 Å². The van der Waals surface area contributed by atoms with Crippen LogP contribution in [0.2, 0.25) is 0 Å². The van der Waals surface area contributed by atoms with E-state index in [1.54, 1.807) is 0 Å². The van der Waals surface area contributed by atoms with Crippen molar-refractivity contribution in [3.8, 4) is 0 Å². The molecule has 0 unspecified atom stereocenters. The summed E-state index contributed by atoms with van der Waals surface area (Å²) in [6.45, 7) is 0. The molecule has 0 heterocycles. The van der Waals surface area contributed by atoms with E-state index in [4.69, 9.17) is 0 Å². The minimum absolute atomic E-state index is 0.978. The van der Waals surface area contributed by atoms with Crippen molar-refractivity contribution in [1.29, 1.82) is 0 Å². The molecule has 0 N–H and O–H groups in total. The van der Waals surface area contributed by atoms with Crippen LogP contribution in [-0.2, 0) is 12.3 Å². The van der Waals surface area contributed by atoms with E-state index in [-0.39, 0.29) is 0 Å². The normalized spacial score (nSPS) is 13.2. The van der Waals surface area contributed by atoms with Gasteiger partial charge in [0, 0.05) is 0 Å². The summed E-state index contributed by atoms with van der Waals surface area (Å²) >= 11 is 8.44. The summed E-state index contributed by atoms with van der Waals surface area (Å²) in [5.41, 5.74) is 2.69. The number of hydrogen-bond acceptors (Lipinski definition) is 0. The third kappa shape index (κ3) is 4.12. The van der Waals surface area contributed by atoms with Gasteiger partial charge in [0.15, 0.2) is 0 Å². The van der Waals surface area contributed by atoms with Gasteiger partial charge in [0.05, 0.1) is 0 Å². The molecule has 0 bridgehead atoms. The Balaban J connectivity index is 2.05. The molecule has 0 fully saturated rings. The first-order chi connectivity index (χ1) is 11.1. The fourth-order valence-corrected chi connectivity index (χ4v) is 10.9. The Labute approximate surface area is 154 Å². The molecule has 3 rings (SSSR count). The summed E-state index contributed by atoms with van der Waals surface area (Å²) < 4.78 is -2.47. The van der Waals surface area contributed by atoms with Crippen LogP contribution in [0.15, 0.2) is 91.0 Å². The average Bonchev–Trinajstić information content (AvgIpc) is 2.57. The quantitative estimate of drug-likeness (QED) is 0.372. The summed E-state index contributed by atoms with van der Waals surface area (Å²) in [7, 11) is 0. The fourth-order valence-electron chi connectivity index (χ4n) is 2.87. The van der Waals surface area contributed by atoms with Crippen molar-refractivity contribution < 1.29 is 0 Å². The van der Waals surface area contributed by atoms with Crippen LogP contribution in [-0.4, -0.2) is 0 Å². The third-order valence-electron chi connectivity index (χ3n) is 3.99. The first-order valence-electron chi connectivity index (χ1n) is 7.63. The molecule has 0 atom stereocenters. The molecule has 118 valence electrons. The Kier molecular flexibility index (Phi) is 5.06. The number of benzene rings is 3. The molecular weight excluding hydrogens is 431 g/mol. The van der Waals surface area contributed by atoms with E-state index in [9.17, 15) is 0 Å². The number of rotatable bonds is 5. The molecular formula is C20H19Br2P. The van der Waals surface area contributed by atoms with Crippen molar-refractivity contribution in [1.82, 2.24) is 0 Å². The first-order valence-corrected chi connectivity index (χ1v) is 14.3. The van der Waals surface area contributed by atoms with Crippen molar-refractivity contribution in [2.24, 2.45) is 0 Å². The Morgan fingerprint density at radius 1 is 0.522 bits per heavy atom. The molecule has 3 heteroatoms. The fraction of sp³-hybridized carbons (Fsp3) is 0.100. The SMILES string of the molecule is BrP(Br)(Cc1ccccc1)(Cc1ccccc1)c1ccccc1. The summed E-state index contributed by atoms with van der Waals surface area (Å²) in [4.78, 5) is 0. The Bertz CT molecular complexity index is 710. The van der Waals surface area contributed by atoms with Gasteiger partial charge in [-0.2, -0.15) is 0 Å². The van der Waals surface area contributed by atoms with Crippen molar-refractivity contribution >= 4 is 40.3 Å². The molecule has 0 amide bonds. The Morgan fingerprint density at radius 3 is 1.26 bits per heavy atom. The zero-order valence-corrected chi connectivity index (χ0v) is 16.8. The first kappa shape index (κ1) is 16.9. The molecule has 23 heavy (non-hydrogen) atoms. The van der Waals surface area contributed by atoms with Crippen LogP contribution in [0.3, 0.4) is 0 Å². The van der Waals surface area contributed by atoms with E-state index < -0.39 is 4.01 Å². The van der Waals surface area contributed by atoms with E-state index >= 15 is 0 Å².